The van der Waals surface area contributed by atoms with Crippen LogP contribution >= 0.6 is 23.1 Å². The van der Waals surface area contributed by atoms with Crippen LogP contribution in [0.15, 0.2) is 35.7 Å². The largest absolute Gasteiger partial charge is 0.416 e. The van der Waals surface area contributed by atoms with Crippen molar-refractivity contribution in [1.29, 1.82) is 0 Å². The number of carbonyl (C=O) groups is 1. The first-order chi connectivity index (χ1) is 17.3. The molecular weight excluding hydrogens is 505 g/mol. The Hall–Kier alpha value is -2.46. The zero-order valence-electron chi connectivity index (χ0n) is 20.1. The lowest BCUT2D eigenvalue weighted by molar-refractivity contribution is -0.137. The summed E-state index contributed by atoms with van der Waals surface area (Å²) in [5.74, 6) is 1.98. The van der Waals surface area contributed by atoms with Crippen LogP contribution in [0.2, 0.25) is 0 Å². The van der Waals surface area contributed by atoms with E-state index in [-0.39, 0.29) is 5.91 Å². The molecule has 3 heterocycles. The van der Waals surface area contributed by atoms with Crippen LogP contribution in [0.25, 0.3) is 11.4 Å². The Morgan fingerprint density at radius 1 is 1.11 bits per heavy atom. The Kier molecular flexibility index (Phi) is 7.35. The Morgan fingerprint density at radius 3 is 2.58 bits per heavy atom. The molecule has 2 aromatic heterocycles. The molecule has 0 radical (unpaired) electrons. The van der Waals surface area contributed by atoms with Gasteiger partial charge in [0.05, 0.1) is 22.5 Å². The van der Waals surface area contributed by atoms with Gasteiger partial charge in [-0.1, -0.05) is 25.3 Å². The number of aromatic nitrogens is 2. The van der Waals surface area contributed by atoms with Gasteiger partial charge in [-0.3, -0.25) is 4.79 Å². The van der Waals surface area contributed by atoms with Gasteiger partial charge >= 0.3 is 6.18 Å². The predicted molar refractivity (Wildman–Crippen MR) is 140 cm³/mol. The number of amides is 1. The zero-order chi connectivity index (χ0) is 25.3. The smallest absolute Gasteiger partial charge is 0.340 e. The second-order valence-electron chi connectivity index (χ2n) is 9.34. The normalized spacial score (nSPS) is 17.4. The van der Waals surface area contributed by atoms with E-state index in [0.717, 1.165) is 85.1 Å². The van der Waals surface area contributed by atoms with Crippen molar-refractivity contribution in [3.8, 4) is 11.4 Å². The molecule has 2 fully saturated rings. The summed E-state index contributed by atoms with van der Waals surface area (Å²) in [6.07, 6.45) is 1.28. The van der Waals surface area contributed by atoms with Crippen molar-refractivity contribution in [1.82, 2.24) is 14.5 Å². The summed E-state index contributed by atoms with van der Waals surface area (Å²) in [7, 11) is 0. The molecule has 1 saturated carbocycles. The number of anilines is 2. The summed E-state index contributed by atoms with van der Waals surface area (Å²) in [5.41, 5.74) is 2.97. The highest BCUT2D eigenvalue weighted by molar-refractivity contribution is 7.99. The minimum atomic E-state index is -4.40. The van der Waals surface area contributed by atoms with Crippen molar-refractivity contribution >= 4 is 39.8 Å². The first-order valence-electron chi connectivity index (χ1n) is 12.3. The number of nitrogens with one attached hydrogen (secondary N) is 1. The van der Waals surface area contributed by atoms with E-state index in [9.17, 15) is 18.0 Å². The zero-order valence-corrected chi connectivity index (χ0v) is 21.7. The van der Waals surface area contributed by atoms with Gasteiger partial charge < -0.3 is 14.8 Å². The molecular formula is C26H29F3N4OS2. The molecule has 1 amide bonds. The number of thioether (sulfide) groups is 1. The maximum absolute atomic E-state index is 13.4. The molecule has 0 atom stereocenters. The van der Waals surface area contributed by atoms with Crippen molar-refractivity contribution in [3.05, 3.63) is 52.5 Å². The third-order valence-electron chi connectivity index (χ3n) is 6.97. The Labute approximate surface area is 217 Å². The van der Waals surface area contributed by atoms with E-state index in [1.54, 1.807) is 6.07 Å². The topological polar surface area (TPSA) is 50.2 Å². The molecule has 0 spiro atoms. The Bertz CT molecular complexity index is 1220. The van der Waals surface area contributed by atoms with E-state index in [1.807, 2.05) is 35.0 Å². The monoisotopic (exact) mass is 534 g/mol. The van der Waals surface area contributed by atoms with E-state index < -0.39 is 11.7 Å². The van der Waals surface area contributed by atoms with E-state index in [0.29, 0.717) is 16.9 Å². The fraction of sp³-hybridized carbons (Fsp3) is 0.462. The minimum Gasteiger partial charge on any atom is -0.340 e. The molecule has 1 aliphatic heterocycles. The highest BCUT2D eigenvalue weighted by atomic mass is 32.2. The molecule has 10 heteroatoms. The van der Waals surface area contributed by atoms with Crippen molar-refractivity contribution in [2.45, 2.75) is 51.2 Å². The van der Waals surface area contributed by atoms with E-state index in [1.165, 1.54) is 23.8 Å². The number of nitrogens with zero attached hydrogens (tertiary/aromatic N) is 3. The number of thiazole rings is 1. The number of hydrogen-bond donors (Lipinski definition) is 1. The van der Waals surface area contributed by atoms with Crippen LogP contribution in [0.1, 0.15) is 59.8 Å². The Balaban J connectivity index is 1.47. The quantitative estimate of drug-likeness (QED) is 0.371. The SMILES string of the molecule is Cc1c(C(=O)N2CCSCC2)cc(-c2csc(Nc3cccc(C(F)(F)F)c3)n2)n1C1CCCCC1. The molecule has 1 saturated heterocycles. The van der Waals surface area contributed by atoms with Crippen LogP contribution in [0.3, 0.4) is 0 Å². The van der Waals surface area contributed by atoms with Gasteiger partial charge in [-0.15, -0.1) is 11.3 Å². The predicted octanol–water partition coefficient (Wildman–Crippen LogP) is 7.38. The summed E-state index contributed by atoms with van der Waals surface area (Å²) in [6.45, 7) is 3.54. The molecule has 1 N–H and O–H groups in total. The second-order valence-corrected chi connectivity index (χ2v) is 11.4. The maximum atomic E-state index is 13.4. The molecule has 2 aliphatic rings. The molecule has 5 rings (SSSR count). The van der Waals surface area contributed by atoms with Gasteiger partial charge in [0.25, 0.3) is 5.91 Å². The number of alkyl halides is 3. The van der Waals surface area contributed by atoms with Crippen LogP contribution < -0.4 is 5.32 Å². The number of halogens is 3. The first-order valence-corrected chi connectivity index (χ1v) is 14.3. The van der Waals surface area contributed by atoms with Gasteiger partial charge in [-0.25, -0.2) is 4.98 Å². The summed E-state index contributed by atoms with van der Waals surface area (Å²) >= 11 is 3.22. The molecule has 36 heavy (non-hydrogen) atoms. The summed E-state index contributed by atoms with van der Waals surface area (Å²) in [5, 5.41) is 5.45. The number of rotatable bonds is 5. The van der Waals surface area contributed by atoms with Crippen LogP contribution in [-0.4, -0.2) is 45.0 Å². The third kappa shape index (κ3) is 5.29. The van der Waals surface area contributed by atoms with Crippen LogP contribution in [-0.2, 0) is 6.18 Å². The number of carbonyl (C=O) groups excluding carboxylic acids is 1. The fourth-order valence-electron chi connectivity index (χ4n) is 5.13. The van der Waals surface area contributed by atoms with Crippen molar-refractivity contribution < 1.29 is 18.0 Å². The van der Waals surface area contributed by atoms with Crippen molar-refractivity contribution in [2.24, 2.45) is 0 Å². The van der Waals surface area contributed by atoms with Crippen molar-refractivity contribution in [2.75, 3.05) is 29.9 Å². The van der Waals surface area contributed by atoms with Crippen LogP contribution in [0.5, 0.6) is 0 Å². The summed E-state index contributed by atoms with van der Waals surface area (Å²) < 4.78 is 41.6. The highest BCUT2D eigenvalue weighted by Gasteiger charge is 2.31. The molecule has 1 aromatic carbocycles. The third-order valence-corrected chi connectivity index (χ3v) is 8.67. The molecule has 3 aromatic rings. The average molecular weight is 535 g/mol. The van der Waals surface area contributed by atoms with E-state index in [2.05, 4.69) is 9.88 Å². The van der Waals surface area contributed by atoms with Crippen molar-refractivity contribution in [3.63, 3.8) is 0 Å². The molecule has 192 valence electrons. The highest BCUT2D eigenvalue weighted by Crippen LogP contribution is 2.38. The lowest BCUT2D eigenvalue weighted by Crippen LogP contribution is -2.38. The maximum Gasteiger partial charge on any atom is 0.416 e. The van der Waals surface area contributed by atoms with Gasteiger partial charge in [-0.2, -0.15) is 24.9 Å². The lowest BCUT2D eigenvalue weighted by atomic mass is 9.95. The van der Waals surface area contributed by atoms with E-state index in [4.69, 9.17) is 4.98 Å². The molecule has 5 nitrogen and oxygen atoms in total. The minimum absolute atomic E-state index is 0.0705. The molecule has 1 aliphatic carbocycles. The van der Waals surface area contributed by atoms with Gasteiger partial charge in [0.15, 0.2) is 5.13 Å². The van der Waals surface area contributed by atoms with Crippen LogP contribution in [0.4, 0.5) is 24.0 Å². The molecule has 0 unspecified atom stereocenters. The fourth-order valence-corrected chi connectivity index (χ4v) is 6.75. The summed E-state index contributed by atoms with van der Waals surface area (Å²) in [4.78, 5) is 20.1. The number of hydrogen-bond acceptors (Lipinski definition) is 5. The average Bonchev–Trinajstić information content (AvgIpc) is 3.48. The van der Waals surface area contributed by atoms with Gasteiger partial charge in [0.2, 0.25) is 0 Å². The van der Waals surface area contributed by atoms with Gasteiger partial charge in [0, 0.05) is 47.4 Å². The van der Waals surface area contributed by atoms with Gasteiger partial charge in [-0.05, 0) is 44.0 Å². The second kappa shape index (κ2) is 10.5. The van der Waals surface area contributed by atoms with Crippen LogP contribution in [0, 0.1) is 6.92 Å². The van der Waals surface area contributed by atoms with Gasteiger partial charge in [0.1, 0.15) is 0 Å². The lowest BCUT2D eigenvalue weighted by Gasteiger charge is -2.28. The Morgan fingerprint density at radius 2 is 1.86 bits per heavy atom. The first kappa shape index (κ1) is 25.2. The summed E-state index contributed by atoms with van der Waals surface area (Å²) in [6, 6.07) is 7.40. The standard InChI is InChI=1S/C26H29F3N4OS2/c1-17-21(24(34)32-10-12-35-13-11-32)15-23(33(17)20-8-3-2-4-9-20)22-16-36-25(31-22)30-19-7-5-6-18(14-19)26(27,28)29/h5-7,14-16,20H,2-4,8-13H2,1H3,(H,30,31). The number of benzene rings is 1. The molecule has 0 bridgehead atoms. The van der Waals surface area contributed by atoms with E-state index >= 15 is 0 Å².